The molecule has 23 heavy (non-hydrogen) atoms. The highest BCUT2D eigenvalue weighted by atomic mass is 16.2. The Morgan fingerprint density at radius 3 is 2.65 bits per heavy atom. The van der Waals surface area contributed by atoms with Crippen LogP contribution in [0, 0.1) is 0 Å². The van der Waals surface area contributed by atoms with Gasteiger partial charge in [0.2, 0.25) is 0 Å². The highest BCUT2D eigenvalue weighted by Gasteiger charge is 2.14. The van der Waals surface area contributed by atoms with Gasteiger partial charge >= 0.3 is 0 Å². The minimum absolute atomic E-state index is 0.232. The molecule has 0 aliphatic carbocycles. The zero-order chi connectivity index (χ0) is 16.8. The van der Waals surface area contributed by atoms with Crippen LogP contribution in [-0.2, 0) is 0 Å². The number of aromatic nitrogens is 1. The first-order chi connectivity index (χ1) is 11.0. The molecular formula is C17H18N4O2. The Morgan fingerprint density at radius 2 is 2.04 bits per heavy atom. The van der Waals surface area contributed by atoms with Gasteiger partial charge in [0.1, 0.15) is 5.69 Å². The molecule has 0 saturated heterocycles. The third-order valence-electron chi connectivity index (χ3n) is 3.20. The lowest BCUT2D eigenvalue weighted by Crippen LogP contribution is -2.27. The Morgan fingerprint density at radius 1 is 1.30 bits per heavy atom. The summed E-state index contributed by atoms with van der Waals surface area (Å²) in [5.41, 5.74) is 7.41. The normalized spacial score (nSPS) is 9.96. The van der Waals surface area contributed by atoms with Gasteiger partial charge in [-0.3, -0.25) is 14.6 Å². The number of nitrogens with two attached hydrogens (primary N) is 1. The van der Waals surface area contributed by atoms with Crippen molar-refractivity contribution in [1.29, 1.82) is 0 Å². The number of likely N-dealkylation sites (N-methyl/N-ethyl adjacent to an activating group) is 1. The van der Waals surface area contributed by atoms with Gasteiger partial charge in [-0.05, 0) is 24.3 Å². The molecule has 3 N–H and O–H groups in total. The van der Waals surface area contributed by atoms with Crippen LogP contribution in [0.5, 0.6) is 0 Å². The predicted molar refractivity (Wildman–Crippen MR) is 90.2 cm³/mol. The molecule has 0 spiro atoms. The fraction of sp³-hybridized carbons (Fsp3) is 0.118. The average Bonchev–Trinajstić information content (AvgIpc) is 2.56. The molecule has 2 rings (SSSR count). The monoisotopic (exact) mass is 310 g/mol. The van der Waals surface area contributed by atoms with E-state index in [0.717, 1.165) is 0 Å². The second-order valence-electron chi connectivity index (χ2n) is 4.95. The molecule has 1 aromatic heterocycles. The molecular weight excluding hydrogens is 292 g/mol. The van der Waals surface area contributed by atoms with Crippen molar-refractivity contribution in [3.8, 4) is 0 Å². The van der Waals surface area contributed by atoms with Gasteiger partial charge in [0.05, 0.1) is 16.9 Å². The first-order valence-corrected chi connectivity index (χ1v) is 7.01. The lowest BCUT2D eigenvalue weighted by atomic mass is 10.2. The molecule has 6 heteroatoms. The van der Waals surface area contributed by atoms with Crippen LogP contribution in [0.15, 0.2) is 55.3 Å². The van der Waals surface area contributed by atoms with Crippen molar-refractivity contribution in [3.05, 3.63) is 66.5 Å². The Kier molecular flexibility index (Phi) is 5.09. The minimum Gasteiger partial charge on any atom is -0.397 e. The van der Waals surface area contributed by atoms with Crippen molar-refractivity contribution in [2.24, 2.45) is 0 Å². The van der Waals surface area contributed by atoms with Crippen LogP contribution in [0.1, 0.15) is 20.8 Å². The number of nitrogens with one attached hydrogen (secondary N) is 1. The number of anilines is 2. The Hall–Kier alpha value is -3.15. The summed E-state index contributed by atoms with van der Waals surface area (Å²) in [5.74, 6) is -0.571. The van der Waals surface area contributed by atoms with E-state index < -0.39 is 0 Å². The summed E-state index contributed by atoms with van der Waals surface area (Å²) in [4.78, 5) is 29.8. The van der Waals surface area contributed by atoms with Crippen molar-refractivity contribution in [1.82, 2.24) is 9.88 Å². The van der Waals surface area contributed by atoms with Gasteiger partial charge in [0.15, 0.2) is 0 Å². The first kappa shape index (κ1) is 16.2. The number of hydrogen-bond donors (Lipinski definition) is 2. The van der Waals surface area contributed by atoms with E-state index in [1.165, 1.54) is 17.2 Å². The molecule has 0 bridgehead atoms. The number of carbonyl (C=O) groups excluding carboxylic acids is 2. The largest absolute Gasteiger partial charge is 0.397 e. The van der Waals surface area contributed by atoms with Crippen molar-refractivity contribution < 1.29 is 9.59 Å². The van der Waals surface area contributed by atoms with E-state index in [1.54, 1.807) is 43.5 Å². The maximum atomic E-state index is 12.2. The zero-order valence-electron chi connectivity index (χ0n) is 12.8. The molecule has 6 nitrogen and oxygen atoms in total. The summed E-state index contributed by atoms with van der Waals surface area (Å²) in [6, 6.07) is 10.0. The summed E-state index contributed by atoms with van der Waals surface area (Å²) in [7, 11) is 1.66. The third kappa shape index (κ3) is 3.94. The highest BCUT2D eigenvalue weighted by Crippen LogP contribution is 2.17. The number of amides is 2. The molecule has 0 radical (unpaired) electrons. The van der Waals surface area contributed by atoms with E-state index in [-0.39, 0.29) is 17.5 Å². The quantitative estimate of drug-likeness (QED) is 0.654. The second-order valence-corrected chi connectivity index (χ2v) is 4.95. The fourth-order valence-corrected chi connectivity index (χ4v) is 1.93. The number of carbonyl (C=O) groups is 2. The van der Waals surface area contributed by atoms with Crippen molar-refractivity contribution in [3.63, 3.8) is 0 Å². The molecule has 0 fully saturated rings. The molecule has 1 heterocycles. The van der Waals surface area contributed by atoms with E-state index in [1.807, 2.05) is 0 Å². The molecule has 0 atom stereocenters. The third-order valence-corrected chi connectivity index (χ3v) is 3.20. The SMILES string of the molecule is C=CCN(C)C(=O)c1ccc(C(=O)Nc2ccccc2N)cn1. The number of nitrogen functional groups attached to an aromatic ring is 1. The van der Waals surface area contributed by atoms with Gasteiger partial charge in [-0.15, -0.1) is 6.58 Å². The van der Waals surface area contributed by atoms with Gasteiger partial charge in [0.25, 0.3) is 11.8 Å². The standard InChI is InChI=1S/C17H18N4O2/c1-3-10-21(2)17(23)15-9-8-12(11-19-15)16(22)20-14-7-5-4-6-13(14)18/h3-9,11H,1,10,18H2,2H3,(H,20,22). The number of para-hydroxylation sites is 2. The van der Waals surface area contributed by atoms with E-state index in [2.05, 4.69) is 16.9 Å². The summed E-state index contributed by atoms with van der Waals surface area (Å²) < 4.78 is 0. The van der Waals surface area contributed by atoms with Crippen LogP contribution >= 0.6 is 0 Å². The molecule has 0 aliphatic heterocycles. The molecule has 0 saturated carbocycles. The first-order valence-electron chi connectivity index (χ1n) is 7.01. The number of rotatable bonds is 5. The lowest BCUT2D eigenvalue weighted by molar-refractivity contribution is 0.0804. The summed E-state index contributed by atoms with van der Waals surface area (Å²) >= 11 is 0. The lowest BCUT2D eigenvalue weighted by Gasteiger charge is -2.14. The zero-order valence-corrected chi connectivity index (χ0v) is 12.8. The van der Waals surface area contributed by atoms with E-state index in [0.29, 0.717) is 23.5 Å². The van der Waals surface area contributed by atoms with E-state index in [9.17, 15) is 9.59 Å². The van der Waals surface area contributed by atoms with E-state index >= 15 is 0 Å². The Bertz CT molecular complexity index is 726. The van der Waals surface area contributed by atoms with Crippen LogP contribution in [0.2, 0.25) is 0 Å². The maximum absolute atomic E-state index is 12.2. The van der Waals surface area contributed by atoms with Crippen molar-refractivity contribution >= 4 is 23.2 Å². The van der Waals surface area contributed by atoms with Crippen LogP contribution in [0.25, 0.3) is 0 Å². The summed E-state index contributed by atoms with van der Waals surface area (Å²) in [6.07, 6.45) is 2.99. The van der Waals surface area contributed by atoms with E-state index in [4.69, 9.17) is 5.73 Å². The number of hydrogen-bond acceptors (Lipinski definition) is 4. The molecule has 0 aliphatic rings. The number of benzene rings is 1. The smallest absolute Gasteiger partial charge is 0.272 e. The maximum Gasteiger partial charge on any atom is 0.272 e. The molecule has 0 unspecified atom stereocenters. The summed E-state index contributed by atoms with van der Waals surface area (Å²) in [5, 5.41) is 2.71. The number of nitrogens with zero attached hydrogens (tertiary/aromatic N) is 2. The van der Waals surface area contributed by atoms with Gasteiger partial charge in [-0.1, -0.05) is 18.2 Å². The van der Waals surface area contributed by atoms with Crippen LogP contribution in [-0.4, -0.2) is 35.3 Å². The topological polar surface area (TPSA) is 88.3 Å². The molecule has 2 aromatic rings. The molecule has 1 aromatic carbocycles. The molecule has 2 amide bonds. The minimum atomic E-state index is -0.339. The highest BCUT2D eigenvalue weighted by molar-refractivity contribution is 6.05. The van der Waals surface area contributed by atoms with Crippen LogP contribution in [0.4, 0.5) is 11.4 Å². The second kappa shape index (κ2) is 7.22. The van der Waals surface area contributed by atoms with Gasteiger partial charge < -0.3 is 16.0 Å². The van der Waals surface area contributed by atoms with Crippen molar-refractivity contribution in [2.45, 2.75) is 0 Å². The predicted octanol–water partition coefficient (Wildman–Crippen LogP) is 2.17. The average molecular weight is 310 g/mol. The molecule has 118 valence electrons. The van der Waals surface area contributed by atoms with Crippen molar-refractivity contribution in [2.75, 3.05) is 24.6 Å². The van der Waals surface area contributed by atoms with Gasteiger partial charge in [0, 0.05) is 19.8 Å². The Balaban J connectivity index is 2.10. The van der Waals surface area contributed by atoms with Crippen LogP contribution in [0.3, 0.4) is 0 Å². The number of pyridine rings is 1. The van der Waals surface area contributed by atoms with Crippen LogP contribution < -0.4 is 11.1 Å². The van der Waals surface area contributed by atoms with Gasteiger partial charge in [-0.25, -0.2) is 0 Å². The summed E-state index contributed by atoms with van der Waals surface area (Å²) in [6.45, 7) is 4.01. The van der Waals surface area contributed by atoms with Gasteiger partial charge in [-0.2, -0.15) is 0 Å². The Labute approximate surface area is 134 Å². The fourth-order valence-electron chi connectivity index (χ4n) is 1.93.